The highest BCUT2D eigenvalue weighted by Crippen LogP contribution is 2.34. The summed E-state index contributed by atoms with van der Waals surface area (Å²) in [4.78, 5) is 16.6. The quantitative estimate of drug-likeness (QED) is 0.775. The first-order chi connectivity index (χ1) is 11.5. The van der Waals surface area contributed by atoms with Gasteiger partial charge in [-0.3, -0.25) is 9.69 Å². The summed E-state index contributed by atoms with van der Waals surface area (Å²) in [6.07, 6.45) is 1.88. The van der Waals surface area contributed by atoms with Gasteiger partial charge in [0.05, 0.1) is 12.5 Å². The number of benzene rings is 1. The normalized spacial score (nSPS) is 24.0. The first-order valence-corrected chi connectivity index (χ1v) is 8.80. The molecule has 2 aliphatic heterocycles. The molecule has 0 bridgehead atoms. The van der Waals surface area contributed by atoms with Gasteiger partial charge in [-0.1, -0.05) is 0 Å². The van der Waals surface area contributed by atoms with Gasteiger partial charge >= 0.3 is 5.97 Å². The zero-order chi connectivity index (χ0) is 17.2. The second-order valence-corrected chi connectivity index (χ2v) is 7.43. The molecular weight excluding hydrogens is 304 g/mol. The average molecular weight is 332 g/mol. The topological polar surface area (TPSA) is 42.0 Å². The fraction of sp³-hybridized carbons (Fsp3) is 0.632. The second-order valence-electron chi connectivity index (χ2n) is 7.43. The van der Waals surface area contributed by atoms with E-state index in [0.717, 1.165) is 51.3 Å². The lowest BCUT2D eigenvalue weighted by Gasteiger charge is -2.36. The smallest absolute Gasteiger partial charge is 0.311 e. The number of carbonyl (C=O) groups excluding carboxylic acids is 1. The number of hydrogen-bond acceptors (Lipinski definition) is 5. The maximum atomic E-state index is 11.8. The molecule has 0 radical (unpaired) electrons. The monoisotopic (exact) mass is 332 g/mol. The van der Waals surface area contributed by atoms with Crippen LogP contribution >= 0.6 is 0 Å². The highest BCUT2D eigenvalue weighted by atomic mass is 16.6. The van der Waals surface area contributed by atoms with E-state index in [-0.39, 0.29) is 17.5 Å². The van der Waals surface area contributed by atoms with Gasteiger partial charge in [0.25, 0.3) is 0 Å². The van der Waals surface area contributed by atoms with Crippen molar-refractivity contribution < 1.29 is 14.3 Å². The van der Waals surface area contributed by atoms with Crippen LogP contribution in [0.15, 0.2) is 24.3 Å². The molecule has 0 saturated carbocycles. The van der Waals surface area contributed by atoms with Crippen LogP contribution in [-0.2, 0) is 9.53 Å². The summed E-state index contributed by atoms with van der Waals surface area (Å²) in [7, 11) is 1.69. The van der Waals surface area contributed by atoms with Crippen molar-refractivity contribution in [1.29, 1.82) is 0 Å². The second kappa shape index (κ2) is 7.01. The SMILES string of the molecule is COc1ccc(N2CCN(CCC3CC(C)(C)C(=O)O3)CC2)cc1. The molecule has 0 aliphatic carbocycles. The number of carbonyl (C=O) groups is 1. The predicted molar refractivity (Wildman–Crippen MR) is 94.5 cm³/mol. The first kappa shape index (κ1) is 17.1. The van der Waals surface area contributed by atoms with Crippen molar-refractivity contribution in [1.82, 2.24) is 4.90 Å². The Morgan fingerprint density at radius 2 is 1.83 bits per heavy atom. The van der Waals surface area contributed by atoms with Crippen molar-refractivity contribution in [3.05, 3.63) is 24.3 Å². The molecule has 0 spiro atoms. The van der Waals surface area contributed by atoms with Gasteiger partial charge in [0.1, 0.15) is 11.9 Å². The minimum absolute atomic E-state index is 0.0446. The zero-order valence-corrected chi connectivity index (χ0v) is 15.0. The maximum Gasteiger partial charge on any atom is 0.311 e. The molecule has 132 valence electrons. The van der Waals surface area contributed by atoms with E-state index in [1.165, 1.54) is 5.69 Å². The molecule has 5 nitrogen and oxygen atoms in total. The molecule has 1 unspecified atom stereocenters. The molecule has 1 aromatic rings. The molecule has 5 heteroatoms. The molecular formula is C19H28N2O3. The van der Waals surface area contributed by atoms with Gasteiger partial charge in [0, 0.05) is 38.4 Å². The van der Waals surface area contributed by atoms with E-state index in [1.54, 1.807) is 7.11 Å². The Hall–Kier alpha value is -1.75. The van der Waals surface area contributed by atoms with Crippen LogP contribution in [0.2, 0.25) is 0 Å². The lowest BCUT2D eigenvalue weighted by atomic mass is 9.89. The van der Waals surface area contributed by atoms with Crippen LogP contribution in [0, 0.1) is 5.41 Å². The van der Waals surface area contributed by atoms with E-state index in [1.807, 2.05) is 26.0 Å². The summed E-state index contributed by atoms with van der Waals surface area (Å²) in [6.45, 7) is 9.12. The van der Waals surface area contributed by atoms with E-state index >= 15 is 0 Å². The van der Waals surface area contributed by atoms with Gasteiger partial charge in [0.15, 0.2) is 0 Å². The third-order valence-electron chi connectivity index (χ3n) is 5.14. The van der Waals surface area contributed by atoms with Gasteiger partial charge in [-0.15, -0.1) is 0 Å². The third-order valence-corrected chi connectivity index (χ3v) is 5.14. The van der Waals surface area contributed by atoms with Crippen LogP contribution < -0.4 is 9.64 Å². The first-order valence-electron chi connectivity index (χ1n) is 8.80. The van der Waals surface area contributed by atoms with Crippen molar-refractivity contribution in [2.24, 2.45) is 5.41 Å². The van der Waals surface area contributed by atoms with Gasteiger partial charge < -0.3 is 14.4 Å². The van der Waals surface area contributed by atoms with E-state index in [9.17, 15) is 4.79 Å². The summed E-state index contributed by atoms with van der Waals surface area (Å²) < 4.78 is 10.7. The highest BCUT2D eigenvalue weighted by Gasteiger charge is 2.41. The minimum atomic E-state index is -0.308. The molecule has 2 heterocycles. The summed E-state index contributed by atoms with van der Waals surface area (Å²) in [5, 5.41) is 0. The van der Waals surface area contributed by atoms with E-state index in [4.69, 9.17) is 9.47 Å². The fourth-order valence-corrected chi connectivity index (χ4v) is 3.52. The van der Waals surface area contributed by atoms with Crippen molar-refractivity contribution >= 4 is 11.7 Å². The molecule has 0 N–H and O–H groups in total. The number of anilines is 1. The standard InChI is InChI=1S/C19H28N2O3/c1-19(2)14-17(24-18(19)22)8-9-20-10-12-21(13-11-20)15-4-6-16(23-3)7-5-15/h4-7,17H,8-14H2,1-3H3. The Morgan fingerprint density at radius 3 is 2.38 bits per heavy atom. The van der Waals surface area contributed by atoms with Gasteiger partial charge in [-0.05, 0) is 51.0 Å². The zero-order valence-electron chi connectivity index (χ0n) is 15.0. The van der Waals surface area contributed by atoms with Gasteiger partial charge in [-0.2, -0.15) is 0 Å². The summed E-state index contributed by atoms with van der Waals surface area (Å²) in [5.74, 6) is 0.850. The summed E-state index contributed by atoms with van der Waals surface area (Å²) in [6, 6.07) is 8.26. The highest BCUT2D eigenvalue weighted by molar-refractivity contribution is 5.78. The van der Waals surface area contributed by atoms with E-state index < -0.39 is 0 Å². The third kappa shape index (κ3) is 3.83. The molecule has 2 saturated heterocycles. The van der Waals surface area contributed by atoms with Crippen molar-refractivity contribution in [2.75, 3.05) is 44.7 Å². The molecule has 0 aromatic heterocycles. The maximum absolute atomic E-state index is 11.8. The van der Waals surface area contributed by atoms with Crippen LogP contribution in [0.1, 0.15) is 26.7 Å². The Bertz CT molecular complexity index is 562. The Kier molecular flexibility index (Phi) is 4.99. The van der Waals surface area contributed by atoms with Crippen LogP contribution in [0.25, 0.3) is 0 Å². The summed E-state index contributed by atoms with van der Waals surface area (Å²) >= 11 is 0. The number of methoxy groups -OCH3 is 1. The van der Waals surface area contributed by atoms with E-state index in [0.29, 0.717) is 0 Å². The lowest BCUT2D eigenvalue weighted by molar-refractivity contribution is -0.147. The van der Waals surface area contributed by atoms with Crippen molar-refractivity contribution in [3.63, 3.8) is 0 Å². The van der Waals surface area contributed by atoms with Crippen LogP contribution in [-0.4, -0.2) is 56.8 Å². The Morgan fingerprint density at radius 1 is 1.17 bits per heavy atom. The number of ether oxygens (including phenoxy) is 2. The van der Waals surface area contributed by atoms with Crippen molar-refractivity contribution in [3.8, 4) is 5.75 Å². The lowest BCUT2D eigenvalue weighted by Crippen LogP contribution is -2.47. The largest absolute Gasteiger partial charge is 0.497 e. The van der Waals surface area contributed by atoms with Crippen LogP contribution in [0.4, 0.5) is 5.69 Å². The number of nitrogens with zero attached hydrogens (tertiary/aromatic N) is 2. The van der Waals surface area contributed by atoms with E-state index in [2.05, 4.69) is 21.9 Å². The molecule has 2 aliphatic rings. The molecule has 3 rings (SSSR count). The van der Waals surface area contributed by atoms with Crippen molar-refractivity contribution in [2.45, 2.75) is 32.8 Å². The van der Waals surface area contributed by atoms with Crippen LogP contribution in [0.5, 0.6) is 5.75 Å². The number of hydrogen-bond donors (Lipinski definition) is 0. The molecule has 2 fully saturated rings. The predicted octanol–water partition coefficient (Wildman–Crippen LogP) is 2.55. The number of rotatable bonds is 5. The van der Waals surface area contributed by atoms with Gasteiger partial charge in [0.2, 0.25) is 0 Å². The molecule has 1 aromatic carbocycles. The minimum Gasteiger partial charge on any atom is -0.497 e. The van der Waals surface area contributed by atoms with Crippen LogP contribution in [0.3, 0.4) is 0 Å². The molecule has 24 heavy (non-hydrogen) atoms. The Balaban J connectivity index is 1.43. The molecule has 0 amide bonds. The fourth-order valence-electron chi connectivity index (χ4n) is 3.52. The number of piperazine rings is 1. The Labute approximate surface area is 144 Å². The van der Waals surface area contributed by atoms with Gasteiger partial charge in [-0.25, -0.2) is 0 Å². The summed E-state index contributed by atoms with van der Waals surface area (Å²) in [5.41, 5.74) is 0.944. The average Bonchev–Trinajstić information content (AvgIpc) is 2.86. The molecule has 1 atom stereocenters. The number of esters is 1. The number of cyclic esters (lactones) is 1.